The van der Waals surface area contributed by atoms with Crippen LogP contribution in [0.15, 0.2) is 18.2 Å². The Kier molecular flexibility index (Phi) is 3.25. The minimum atomic E-state index is -0.586. The maximum Gasteiger partial charge on any atom is 0.234 e. The molecule has 0 aromatic heterocycles. The van der Waals surface area contributed by atoms with Crippen LogP contribution in [0.4, 0.5) is 0 Å². The summed E-state index contributed by atoms with van der Waals surface area (Å²) in [5, 5.41) is 0. The molecule has 0 saturated carbocycles. The summed E-state index contributed by atoms with van der Waals surface area (Å²) >= 11 is 0. The first-order valence-electron chi connectivity index (χ1n) is 4.61. The molecule has 3 heteroatoms. The van der Waals surface area contributed by atoms with Gasteiger partial charge in [-0.3, -0.25) is 4.79 Å². The monoisotopic (exact) mass is 192 g/mol. The molecule has 3 nitrogen and oxygen atoms in total. The van der Waals surface area contributed by atoms with Gasteiger partial charge >= 0.3 is 0 Å². The van der Waals surface area contributed by atoms with Crippen LogP contribution in [0.1, 0.15) is 16.7 Å². The van der Waals surface area contributed by atoms with Crippen LogP contribution < -0.4 is 11.5 Å². The van der Waals surface area contributed by atoms with Crippen LogP contribution in [0.2, 0.25) is 0 Å². The second-order valence-corrected chi connectivity index (χ2v) is 3.63. The summed E-state index contributed by atoms with van der Waals surface area (Å²) in [6.07, 6.45) is 0.510. The van der Waals surface area contributed by atoms with Crippen LogP contribution in [0.5, 0.6) is 0 Å². The van der Waals surface area contributed by atoms with Gasteiger partial charge in [0.05, 0.1) is 6.04 Å². The number of aryl methyl sites for hydroxylation is 2. The number of rotatable bonds is 3. The molecule has 1 unspecified atom stereocenters. The summed E-state index contributed by atoms with van der Waals surface area (Å²) in [5.74, 6) is -0.455. The molecule has 1 rings (SSSR count). The molecule has 0 aliphatic rings. The third kappa shape index (κ3) is 2.57. The second kappa shape index (κ2) is 4.24. The third-order valence-electron chi connectivity index (χ3n) is 2.39. The summed E-state index contributed by atoms with van der Waals surface area (Å²) in [4.78, 5) is 10.8. The molecule has 1 aromatic carbocycles. The molecule has 0 aliphatic carbocycles. The smallest absolute Gasteiger partial charge is 0.234 e. The fourth-order valence-corrected chi connectivity index (χ4v) is 1.29. The number of hydrogen-bond donors (Lipinski definition) is 2. The molecular weight excluding hydrogens is 176 g/mol. The number of hydrogen-bond acceptors (Lipinski definition) is 2. The van der Waals surface area contributed by atoms with Gasteiger partial charge in [0.2, 0.25) is 5.91 Å². The highest BCUT2D eigenvalue weighted by molar-refractivity contribution is 5.79. The van der Waals surface area contributed by atoms with Crippen molar-refractivity contribution in [2.24, 2.45) is 11.5 Å². The van der Waals surface area contributed by atoms with E-state index < -0.39 is 11.9 Å². The fourth-order valence-electron chi connectivity index (χ4n) is 1.29. The van der Waals surface area contributed by atoms with E-state index in [2.05, 4.69) is 0 Å². The second-order valence-electron chi connectivity index (χ2n) is 3.63. The van der Waals surface area contributed by atoms with Gasteiger partial charge in [-0.1, -0.05) is 18.2 Å². The Morgan fingerprint density at radius 2 is 2.00 bits per heavy atom. The topological polar surface area (TPSA) is 69.1 Å². The van der Waals surface area contributed by atoms with E-state index in [9.17, 15) is 4.79 Å². The van der Waals surface area contributed by atoms with Crippen LogP contribution in [-0.2, 0) is 11.2 Å². The first-order valence-corrected chi connectivity index (χ1v) is 4.61. The normalized spacial score (nSPS) is 12.5. The number of amides is 1. The largest absolute Gasteiger partial charge is 0.368 e. The molecule has 0 fully saturated rings. The maximum atomic E-state index is 10.8. The van der Waals surface area contributed by atoms with E-state index in [0.29, 0.717) is 6.42 Å². The first-order chi connectivity index (χ1) is 6.50. The van der Waals surface area contributed by atoms with Crippen LogP contribution in [0, 0.1) is 13.8 Å². The van der Waals surface area contributed by atoms with E-state index in [1.165, 1.54) is 11.1 Å². The van der Waals surface area contributed by atoms with Crippen molar-refractivity contribution in [1.82, 2.24) is 0 Å². The summed E-state index contributed by atoms with van der Waals surface area (Å²) < 4.78 is 0. The summed E-state index contributed by atoms with van der Waals surface area (Å²) in [7, 11) is 0. The van der Waals surface area contributed by atoms with Crippen molar-refractivity contribution in [3.63, 3.8) is 0 Å². The standard InChI is InChI=1S/C11H16N2O/c1-7-3-4-9(5-8(7)2)6-10(12)11(13)14/h3-5,10H,6,12H2,1-2H3,(H2,13,14). The van der Waals surface area contributed by atoms with Gasteiger partial charge in [-0.05, 0) is 37.0 Å². The number of nitrogens with two attached hydrogens (primary N) is 2. The molecule has 0 bridgehead atoms. The van der Waals surface area contributed by atoms with Crippen LogP contribution >= 0.6 is 0 Å². The summed E-state index contributed by atoms with van der Waals surface area (Å²) in [6.45, 7) is 4.09. The van der Waals surface area contributed by atoms with E-state index in [0.717, 1.165) is 5.56 Å². The average molecular weight is 192 g/mol. The average Bonchev–Trinajstić information content (AvgIpc) is 2.11. The zero-order valence-electron chi connectivity index (χ0n) is 8.58. The quantitative estimate of drug-likeness (QED) is 0.738. The lowest BCUT2D eigenvalue weighted by Gasteiger charge is -2.09. The molecular formula is C11H16N2O. The molecule has 0 radical (unpaired) electrons. The molecule has 1 atom stereocenters. The molecule has 4 N–H and O–H groups in total. The highest BCUT2D eigenvalue weighted by Gasteiger charge is 2.09. The summed E-state index contributed by atoms with van der Waals surface area (Å²) in [6, 6.07) is 5.46. The number of primary amides is 1. The lowest BCUT2D eigenvalue weighted by Crippen LogP contribution is -2.38. The van der Waals surface area contributed by atoms with Gasteiger partial charge in [0.15, 0.2) is 0 Å². The number of benzene rings is 1. The summed E-state index contributed by atoms with van der Waals surface area (Å²) in [5.41, 5.74) is 14.1. The molecule has 1 amide bonds. The zero-order chi connectivity index (χ0) is 10.7. The lowest BCUT2D eigenvalue weighted by atomic mass is 10.0. The van der Waals surface area contributed by atoms with Gasteiger partial charge in [0, 0.05) is 0 Å². The van der Waals surface area contributed by atoms with E-state index in [-0.39, 0.29) is 0 Å². The molecule has 0 aliphatic heterocycles. The Morgan fingerprint density at radius 3 is 2.50 bits per heavy atom. The van der Waals surface area contributed by atoms with Crippen molar-refractivity contribution in [3.8, 4) is 0 Å². The van der Waals surface area contributed by atoms with E-state index in [4.69, 9.17) is 11.5 Å². The predicted octanol–water partition coefficient (Wildman–Crippen LogP) is 0.659. The minimum absolute atomic E-state index is 0.455. The van der Waals surface area contributed by atoms with Crippen molar-refractivity contribution in [1.29, 1.82) is 0 Å². The maximum absolute atomic E-state index is 10.8. The number of carbonyl (C=O) groups is 1. The van der Waals surface area contributed by atoms with Gasteiger partial charge in [-0.15, -0.1) is 0 Å². The van der Waals surface area contributed by atoms with Crippen molar-refractivity contribution in [2.75, 3.05) is 0 Å². The highest BCUT2D eigenvalue weighted by Crippen LogP contribution is 2.10. The van der Waals surface area contributed by atoms with Crippen LogP contribution in [0.3, 0.4) is 0 Å². The van der Waals surface area contributed by atoms with Gasteiger partial charge in [0.1, 0.15) is 0 Å². The third-order valence-corrected chi connectivity index (χ3v) is 2.39. The van der Waals surface area contributed by atoms with Crippen molar-refractivity contribution in [3.05, 3.63) is 34.9 Å². The SMILES string of the molecule is Cc1ccc(CC(N)C(N)=O)cc1C. The Bertz CT molecular complexity index is 347. The predicted molar refractivity (Wildman–Crippen MR) is 56.8 cm³/mol. The Labute approximate surface area is 84.1 Å². The van der Waals surface area contributed by atoms with Gasteiger partial charge in [-0.25, -0.2) is 0 Å². The van der Waals surface area contributed by atoms with Crippen LogP contribution in [0.25, 0.3) is 0 Å². The number of carbonyl (C=O) groups excluding carboxylic acids is 1. The minimum Gasteiger partial charge on any atom is -0.368 e. The van der Waals surface area contributed by atoms with Crippen molar-refractivity contribution in [2.45, 2.75) is 26.3 Å². The zero-order valence-corrected chi connectivity index (χ0v) is 8.58. The van der Waals surface area contributed by atoms with Gasteiger partial charge < -0.3 is 11.5 Å². The van der Waals surface area contributed by atoms with Crippen molar-refractivity contribution < 1.29 is 4.79 Å². The molecule has 0 heterocycles. The van der Waals surface area contributed by atoms with Crippen LogP contribution in [-0.4, -0.2) is 11.9 Å². The molecule has 0 saturated heterocycles. The van der Waals surface area contributed by atoms with E-state index in [1.807, 2.05) is 32.0 Å². The Balaban J connectivity index is 2.78. The Morgan fingerprint density at radius 1 is 1.36 bits per heavy atom. The fraction of sp³-hybridized carbons (Fsp3) is 0.364. The van der Waals surface area contributed by atoms with E-state index >= 15 is 0 Å². The molecule has 0 spiro atoms. The first kappa shape index (κ1) is 10.7. The van der Waals surface area contributed by atoms with E-state index in [1.54, 1.807) is 0 Å². The molecule has 1 aromatic rings. The highest BCUT2D eigenvalue weighted by atomic mass is 16.1. The molecule has 76 valence electrons. The molecule has 14 heavy (non-hydrogen) atoms. The lowest BCUT2D eigenvalue weighted by molar-refractivity contribution is -0.119. The van der Waals surface area contributed by atoms with Crippen molar-refractivity contribution >= 4 is 5.91 Å². The van der Waals surface area contributed by atoms with Gasteiger partial charge in [-0.2, -0.15) is 0 Å². The Hall–Kier alpha value is -1.35. The van der Waals surface area contributed by atoms with Gasteiger partial charge in [0.25, 0.3) is 0 Å².